The van der Waals surface area contributed by atoms with Gasteiger partial charge in [-0.05, 0) is 61.4 Å². The molecule has 0 heterocycles. The zero-order chi connectivity index (χ0) is 22.4. The predicted molar refractivity (Wildman–Crippen MR) is 123 cm³/mol. The minimum Gasteiger partial charge on any atom is -0.457 e. The summed E-state index contributed by atoms with van der Waals surface area (Å²) in [4.78, 5) is 12.8. The third kappa shape index (κ3) is 5.86. The van der Waals surface area contributed by atoms with Gasteiger partial charge in [0.15, 0.2) is 0 Å². The molecule has 0 saturated heterocycles. The molecular formula is C24H26N2O4S. The number of para-hydroxylation sites is 1. The summed E-state index contributed by atoms with van der Waals surface area (Å²) >= 11 is 0. The Balaban J connectivity index is 1.75. The Hall–Kier alpha value is -3.32. The van der Waals surface area contributed by atoms with Crippen LogP contribution < -0.4 is 14.4 Å². The van der Waals surface area contributed by atoms with Crippen molar-refractivity contribution in [3.63, 3.8) is 0 Å². The lowest BCUT2D eigenvalue weighted by Gasteiger charge is -2.28. The zero-order valence-electron chi connectivity index (χ0n) is 17.8. The largest absolute Gasteiger partial charge is 0.457 e. The lowest BCUT2D eigenvalue weighted by atomic mass is 10.1. The second-order valence-corrected chi connectivity index (χ2v) is 9.15. The van der Waals surface area contributed by atoms with Crippen LogP contribution in [0.3, 0.4) is 0 Å². The van der Waals surface area contributed by atoms with Gasteiger partial charge in [-0.3, -0.25) is 9.10 Å². The van der Waals surface area contributed by atoms with Gasteiger partial charge in [0.2, 0.25) is 15.9 Å². The summed E-state index contributed by atoms with van der Waals surface area (Å²) in [5.74, 6) is 0.873. The van der Waals surface area contributed by atoms with E-state index in [4.69, 9.17) is 4.74 Å². The van der Waals surface area contributed by atoms with Crippen molar-refractivity contribution in [2.75, 3.05) is 10.6 Å². The van der Waals surface area contributed by atoms with Crippen LogP contribution in [0.25, 0.3) is 0 Å². The maximum Gasteiger partial charge on any atom is 0.243 e. The van der Waals surface area contributed by atoms with E-state index in [1.165, 1.54) is 0 Å². The average Bonchev–Trinajstić information content (AvgIpc) is 2.74. The molecule has 0 radical (unpaired) electrons. The molecule has 0 saturated carbocycles. The third-order valence-electron chi connectivity index (χ3n) is 4.87. The van der Waals surface area contributed by atoms with Crippen molar-refractivity contribution in [1.82, 2.24) is 5.32 Å². The summed E-state index contributed by atoms with van der Waals surface area (Å²) in [5.41, 5.74) is 2.43. The molecule has 1 N–H and O–H groups in total. The Morgan fingerprint density at radius 2 is 1.52 bits per heavy atom. The first kappa shape index (κ1) is 22.4. The number of benzene rings is 3. The Morgan fingerprint density at radius 1 is 0.935 bits per heavy atom. The molecule has 0 aliphatic carbocycles. The van der Waals surface area contributed by atoms with E-state index in [9.17, 15) is 13.2 Å². The standard InChI is InChI=1S/C24H26N2O4S/c1-18-9-7-8-10-20(18)17-25-24(27)19(2)26(31(3,28)29)21-13-15-23(16-14-21)30-22-11-5-4-6-12-22/h4-16,19H,17H2,1-3H3,(H,25,27)/t19-/m1/s1. The highest BCUT2D eigenvalue weighted by molar-refractivity contribution is 7.92. The van der Waals surface area contributed by atoms with E-state index in [1.54, 1.807) is 31.2 Å². The summed E-state index contributed by atoms with van der Waals surface area (Å²) in [6.07, 6.45) is 1.09. The van der Waals surface area contributed by atoms with Gasteiger partial charge in [0, 0.05) is 6.54 Å². The molecule has 0 aliphatic rings. The predicted octanol–water partition coefficient (Wildman–Crippen LogP) is 4.26. The van der Waals surface area contributed by atoms with Crippen molar-refractivity contribution in [3.05, 3.63) is 90.0 Å². The van der Waals surface area contributed by atoms with Crippen molar-refractivity contribution in [2.24, 2.45) is 0 Å². The molecule has 162 valence electrons. The average molecular weight is 439 g/mol. The molecule has 0 aliphatic heterocycles. The molecule has 0 unspecified atom stereocenters. The molecule has 7 heteroatoms. The topological polar surface area (TPSA) is 75.7 Å². The smallest absolute Gasteiger partial charge is 0.243 e. The molecule has 1 atom stereocenters. The fourth-order valence-electron chi connectivity index (χ4n) is 3.23. The Kier molecular flexibility index (Phi) is 6.97. The first-order chi connectivity index (χ1) is 14.8. The maximum atomic E-state index is 12.8. The number of anilines is 1. The third-order valence-corrected chi connectivity index (χ3v) is 6.11. The highest BCUT2D eigenvalue weighted by atomic mass is 32.2. The molecular weight excluding hydrogens is 412 g/mol. The van der Waals surface area contributed by atoms with Crippen molar-refractivity contribution >= 4 is 21.6 Å². The van der Waals surface area contributed by atoms with E-state index in [-0.39, 0.29) is 5.91 Å². The molecule has 0 bridgehead atoms. The van der Waals surface area contributed by atoms with Crippen LogP contribution in [0, 0.1) is 6.92 Å². The van der Waals surface area contributed by atoms with Crippen molar-refractivity contribution in [2.45, 2.75) is 26.4 Å². The van der Waals surface area contributed by atoms with Gasteiger partial charge >= 0.3 is 0 Å². The second-order valence-electron chi connectivity index (χ2n) is 7.29. The van der Waals surface area contributed by atoms with Crippen LogP contribution >= 0.6 is 0 Å². The highest BCUT2D eigenvalue weighted by Crippen LogP contribution is 2.27. The van der Waals surface area contributed by atoms with E-state index in [0.29, 0.717) is 23.7 Å². The summed E-state index contributed by atoms with van der Waals surface area (Å²) in [5, 5.41) is 2.84. The lowest BCUT2D eigenvalue weighted by molar-refractivity contribution is -0.122. The molecule has 3 rings (SSSR count). The number of ether oxygens (including phenoxy) is 1. The molecule has 31 heavy (non-hydrogen) atoms. The van der Waals surface area contributed by atoms with Gasteiger partial charge in [0.25, 0.3) is 0 Å². The number of carbonyl (C=O) groups is 1. The maximum absolute atomic E-state index is 12.8. The number of aryl methyl sites for hydroxylation is 1. The first-order valence-electron chi connectivity index (χ1n) is 9.90. The second kappa shape index (κ2) is 9.66. The van der Waals surface area contributed by atoms with E-state index in [1.807, 2.05) is 61.5 Å². The number of hydrogen-bond acceptors (Lipinski definition) is 4. The molecule has 0 aromatic heterocycles. The van der Waals surface area contributed by atoms with Gasteiger partial charge in [0.05, 0.1) is 11.9 Å². The van der Waals surface area contributed by atoms with E-state index < -0.39 is 16.1 Å². The fourth-order valence-corrected chi connectivity index (χ4v) is 4.41. The fraction of sp³-hybridized carbons (Fsp3) is 0.208. The van der Waals surface area contributed by atoms with Crippen molar-refractivity contribution < 1.29 is 17.9 Å². The monoisotopic (exact) mass is 438 g/mol. The van der Waals surface area contributed by atoms with Gasteiger partial charge in [-0.15, -0.1) is 0 Å². The molecule has 0 spiro atoms. The van der Waals surface area contributed by atoms with Gasteiger partial charge in [-0.25, -0.2) is 8.42 Å². The van der Waals surface area contributed by atoms with Gasteiger partial charge in [0.1, 0.15) is 17.5 Å². The quantitative estimate of drug-likeness (QED) is 0.570. The van der Waals surface area contributed by atoms with Crippen LogP contribution in [-0.2, 0) is 21.4 Å². The minimum absolute atomic E-state index is 0.331. The number of amides is 1. The SMILES string of the molecule is Cc1ccccc1CNC(=O)[C@@H](C)N(c1ccc(Oc2ccccc2)cc1)S(C)(=O)=O. The summed E-state index contributed by atoms with van der Waals surface area (Å²) in [7, 11) is -3.69. The normalized spacial score (nSPS) is 12.1. The number of nitrogens with zero attached hydrogens (tertiary/aromatic N) is 1. The van der Waals surface area contributed by atoms with Gasteiger partial charge in [-0.2, -0.15) is 0 Å². The zero-order valence-corrected chi connectivity index (χ0v) is 18.6. The number of carbonyl (C=O) groups excluding carboxylic acids is 1. The van der Waals surface area contributed by atoms with Crippen LogP contribution in [0.2, 0.25) is 0 Å². The summed E-state index contributed by atoms with van der Waals surface area (Å²) < 4.78 is 31.9. The Labute approximate surface area is 183 Å². The number of sulfonamides is 1. The molecule has 3 aromatic rings. The number of hydrogen-bond donors (Lipinski definition) is 1. The van der Waals surface area contributed by atoms with Gasteiger partial charge < -0.3 is 10.1 Å². The first-order valence-corrected chi connectivity index (χ1v) is 11.7. The molecule has 0 fully saturated rings. The van der Waals surface area contributed by atoms with E-state index >= 15 is 0 Å². The van der Waals surface area contributed by atoms with Crippen LogP contribution in [0.15, 0.2) is 78.9 Å². The molecule has 3 aromatic carbocycles. The number of nitrogens with one attached hydrogen (secondary N) is 1. The van der Waals surface area contributed by atoms with E-state index in [2.05, 4.69) is 5.32 Å². The van der Waals surface area contributed by atoms with Crippen LogP contribution in [0.1, 0.15) is 18.1 Å². The molecule has 6 nitrogen and oxygen atoms in total. The van der Waals surface area contributed by atoms with Crippen molar-refractivity contribution in [1.29, 1.82) is 0 Å². The molecule has 1 amide bonds. The summed E-state index contributed by atoms with van der Waals surface area (Å²) in [6.45, 7) is 3.87. The summed E-state index contributed by atoms with van der Waals surface area (Å²) in [6, 6.07) is 22.7. The Morgan fingerprint density at radius 3 is 2.13 bits per heavy atom. The highest BCUT2D eigenvalue weighted by Gasteiger charge is 2.29. The van der Waals surface area contributed by atoms with Crippen LogP contribution in [0.4, 0.5) is 5.69 Å². The van der Waals surface area contributed by atoms with Crippen molar-refractivity contribution in [3.8, 4) is 11.5 Å². The Bertz CT molecular complexity index is 1130. The van der Waals surface area contributed by atoms with E-state index in [0.717, 1.165) is 21.7 Å². The van der Waals surface area contributed by atoms with Crippen LogP contribution in [-0.4, -0.2) is 26.6 Å². The minimum atomic E-state index is -3.69. The lowest BCUT2D eigenvalue weighted by Crippen LogP contribution is -2.47. The van der Waals surface area contributed by atoms with Gasteiger partial charge in [-0.1, -0.05) is 42.5 Å². The van der Waals surface area contributed by atoms with Crippen LogP contribution in [0.5, 0.6) is 11.5 Å². The number of rotatable bonds is 8.